The van der Waals surface area contributed by atoms with Crippen LogP contribution in [0.4, 0.5) is 0 Å². The largest absolute Gasteiger partial charge is 0.295 e. The van der Waals surface area contributed by atoms with Crippen LogP contribution in [0.15, 0.2) is 52.5 Å². The molecular weight excluding hydrogens is 230 g/mol. The van der Waals surface area contributed by atoms with Crippen molar-refractivity contribution in [2.45, 2.75) is 23.8 Å². The lowest BCUT2D eigenvalue weighted by Crippen LogP contribution is -1.92. The molecule has 0 spiro atoms. The molecule has 1 aromatic carbocycles. The normalized spacial score (nSPS) is 10.2. The second-order valence-corrected chi connectivity index (χ2v) is 4.95. The number of Topliss-reactive ketones (excluding diaryl/α,β-unsaturated/α-hetero) is 1. The number of aryl methyl sites for hydroxylation is 1. The molecule has 0 saturated heterocycles. The third-order valence-electron chi connectivity index (χ3n) is 2.38. The minimum absolute atomic E-state index is 0.0677. The number of aromatic nitrogens is 1. The van der Waals surface area contributed by atoms with Gasteiger partial charge >= 0.3 is 0 Å². The molecule has 3 heteroatoms. The third kappa shape index (κ3) is 3.17. The summed E-state index contributed by atoms with van der Waals surface area (Å²) >= 11 is 1.56. The summed E-state index contributed by atoms with van der Waals surface area (Å²) in [7, 11) is 0. The van der Waals surface area contributed by atoms with Gasteiger partial charge in [-0.2, -0.15) is 0 Å². The van der Waals surface area contributed by atoms with Crippen molar-refractivity contribution in [1.82, 2.24) is 4.98 Å². The number of rotatable bonds is 3. The van der Waals surface area contributed by atoms with Gasteiger partial charge in [-0.15, -0.1) is 0 Å². The van der Waals surface area contributed by atoms with Gasteiger partial charge in [0.05, 0.1) is 0 Å². The molecule has 0 fully saturated rings. The number of hydrogen-bond donors (Lipinski definition) is 0. The second kappa shape index (κ2) is 5.15. The number of carbonyl (C=O) groups excluding carboxylic acids is 1. The number of carbonyl (C=O) groups is 1. The topological polar surface area (TPSA) is 30.0 Å². The van der Waals surface area contributed by atoms with Crippen LogP contribution in [0.5, 0.6) is 0 Å². The summed E-state index contributed by atoms with van der Waals surface area (Å²) in [5.74, 6) is 0.0677. The lowest BCUT2D eigenvalue weighted by Gasteiger charge is -2.02. The summed E-state index contributed by atoms with van der Waals surface area (Å²) in [4.78, 5) is 16.6. The van der Waals surface area contributed by atoms with E-state index in [-0.39, 0.29) is 5.78 Å². The van der Waals surface area contributed by atoms with Gasteiger partial charge in [0.15, 0.2) is 5.78 Å². The Labute approximate surface area is 105 Å². The first-order valence-corrected chi connectivity index (χ1v) is 6.18. The van der Waals surface area contributed by atoms with Gasteiger partial charge < -0.3 is 0 Å². The molecule has 0 radical (unpaired) electrons. The van der Waals surface area contributed by atoms with Crippen molar-refractivity contribution in [3.63, 3.8) is 0 Å². The average Bonchev–Trinajstić information content (AvgIpc) is 2.32. The van der Waals surface area contributed by atoms with Crippen molar-refractivity contribution in [3.05, 3.63) is 53.7 Å². The van der Waals surface area contributed by atoms with Gasteiger partial charge in [0.1, 0.15) is 5.03 Å². The summed E-state index contributed by atoms with van der Waals surface area (Å²) in [5.41, 5.74) is 1.94. The van der Waals surface area contributed by atoms with E-state index in [1.54, 1.807) is 30.9 Å². The van der Waals surface area contributed by atoms with Crippen molar-refractivity contribution in [3.8, 4) is 0 Å². The molecule has 0 aliphatic heterocycles. The van der Waals surface area contributed by atoms with Gasteiger partial charge in [-0.1, -0.05) is 29.5 Å². The molecule has 2 rings (SSSR count). The predicted octanol–water partition coefficient (Wildman–Crippen LogP) is 3.74. The maximum absolute atomic E-state index is 11.3. The van der Waals surface area contributed by atoms with E-state index in [4.69, 9.17) is 0 Å². The van der Waals surface area contributed by atoms with Crippen molar-refractivity contribution in [2.24, 2.45) is 0 Å². The monoisotopic (exact) mass is 243 g/mol. The molecule has 1 heterocycles. The number of nitrogens with zero attached hydrogens (tertiary/aromatic N) is 1. The second-order valence-electron chi connectivity index (χ2n) is 3.85. The summed E-state index contributed by atoms with van der Waals surface area (Å²) in [5, 5.41) is 0.849. The van der Waals surface area contributed by atoms with E-state index in [0.717, 1.165) is 9.92 Å². The zero-order chi connectivity index (χ0) is 12.3. The predicted molar refractivity (Wildman–Crippen MR) is 69.5 cm³/mol. The fraction of sp³-hybridized carbons (Fsp3) is 0.143. The van der Waals surface area contributed by atoms with E-state index >= 15 is 0 Å². The van der Waals surface area contributed by atoms with E-state index in [2.05, 4.69) is 36.2 Å². The molecule has 86 valence electrons. The van der Waals surface area contributed by atoms with Gasteiger partial charge in [0.2, 0.25) is 0 Å². The Balaban J connectivity index is 2.21. The fourth-order valence-electron chi connectivity index (χ4n) is 1.41. The van der Waals surface area contributed by atoms with Crippen molar-refractivity contribution in [2.75, 3.05) is 0 Å². The Morgan fingerprint density at radius 1 is 1.18 bits per heavy atom. The third-order valence-corrected chi connectivity index (χ3v) is 3.33. The number of benzene rings is 1. The number of hydrogen-bond acceptors (Lipinski definition) is 3. The van der Waals surface area contributed by atoms with Crippen LogP contribution in [0.2, 0.25) is 0 Å². The molecule has 0 atom stereocenters. The molecule has 0 saturated carbocycles. The maximum Gasteiger partial charge on any atom is 0.159 e. The maximum atomic E-state index is 11.3. The smallest absolute Gasteiger partial charge is 0.159 e. The quantitative estimate of drug-likeness (QED) is 0.769. The summed E-state index contributed by atoms with van der Waals surface area (Å²) < 4.78 is 0. The van der Waals surface area contributed by atoms with Gasteiger partial charge in [-0.3, -0.25) is 4.79 Å². The van der Waals surface area contributed by atoms with Crippen molar-refractivity contribution in [1.29, 1.82) is 0 Å². The molecule has 1 aromatic heterocycles. The van der Waals surface area contributed by atoms with E-state index < -0.39 is 0 Å². The first-order chi connectivity index (χ1) is 8.15. The lowest BCUT2D eigenvalue weighted by molar-refractivity contribution is 0.101. The van der Waals surface area contributed by atoms with Gasteiger partial charge in [-0.05, 0) is 38.1 Å². The Hall–Kier alpha value is -1.61. The average molecular weight is 243 g/mol. The summed E-state index contributed by atoms with van der Waals surface area (Å²) in [6.07, 6.45) is 1.67. The van der Waals surface area contributed by atoms with E-state index in [1.807, 2.05) is 6.07 Å². The molecule has 0 amide bonds. The number of pyridine rings is 1. The standard InChI is InChI=1S/C14H13NOS/c1-10-3-5-13(6-4-10)17-14-9-12(11(2)16)7-8-15-14/h3-9H,1-2H3. The Morgan fingerprint density at radius 2 is 1.88 bits per heavy atom. The fourth-order valence-corrected chi connectivity index (χ4v) is 2.22. The van der Waals surface area contributed by atoms with Crippen LogP contribution in [0.1, 0.15) is 22.8 Å². The first kappa shape index (κ1) is 11.9. The number of ketones is 1. The van der Waals surface area contributed by atoms with Crippen LogP contribution in [0.3, 0.4) is 0 Å². The van der Waals surface area contributed by atoms with E-state index in [0.29, 0.717) is 5.56 Å². The highest BCUT2D eigenvalue weighted by molar-refractivity contribution is 7.99. The summed E-state index contributed by atoms with van der Waals surface area (Å²) in [6.45, 7) is 3.62. The SMILES string of the molecule is CC(=O)c1ccnc(Sc2ccc(C)cc2)c1. The molecule has 0 unspecified atom stereocenters. The van der Waals surface area contributed by atoms with Crippen LogP contribution in [-0.2, 0) is 0 Å². The highest BCUT2D eigenvalue weighted by Gasteiger charge is 2.03. The highest BCUT2D eigenvalue weighted by Crippen LogP contribution is 2.26. The van der Waals surface area contributed by atoms with Crippen LogP contribution < -0.4 is 0 Å². The molecule has 2 nitrogen and oxygen atoms in total. The summed E-state index contributed by atoms with van der Waals surface area (Å²) in [6, 6.07) is 11.8. The van der Waals surface area contributed by atoms with Gasteiger partial charge in [0.25, 0.3) is 0 Å². The minimum Gasteiger partial charge on any atom is -0.295 e. The molecule has 0 aliphatic carbocycles. The van der Waals surface area contributed by atoms with E-state index in [1.165, 1.54) is 5.56 Å². The Morgan fingerprint density at radius 3 is 2.53 bits per heavy atom. The zero-order valence-corrected chi connectivity index (χ0v) is 10.6. The molecule has 0 bridgehead atoms. The zero-order valence-electron chi connectivity index (χ0n) is 9.81. The molecular formula is C14H13NOS. The van der Waals surface area contributed by atoms with Crippen molar-refractivity contribution >= 4 is 17.5 Å². The van der Waals surface area contributed by atoms with E-state index in [9.17, 15) is 4.79 Å². The van der Waals surface area contributed by atoms with Crippen molar-refractivity contribution < 1.29 is 4.79 Å². The molecule has 2 aromatic rings. The molecule has 0 aliphatic rings. The Kier molecular flexibility index (Phi) is 3.59. The molecule has 17 heavy (non-hydrogen) atoms. The molecule has 0 N–H and O–H groups in total. The Bertz CT molecular complexity index is 534. The van der Waals surface area contributed by atoms with Crippen LogP contribution >= 0.6 is 11.8 Å². The van der Waals surface area contributed by atoms with Crippen LogP contribution in [0.25, 0.3) is 0 Å². The highest BCUT2D eigenvalue weighted by atomic mass is 32.2. The van der Waals surface area contributed by atoms with Gasteiger partial charge in [-0.25, -0.2) is 4.98 Å². The minimum atomic E-state index is 0.0677. The van der Waals surface area contributed by atoms with Gasteiger partial charge in [0, 0.05) is 16.7 Å². The lowest BCUT2D eigenvalue weighted by atomic mass is 10.2. The van der Waals surface area contributed by atoms with Crippen LogP contribution in [-0.4, -0.2) is 10.8 Å². The first-order valence-electron chi connectivity index (χ1n) is 5.36. The van der Waals surface area contributed by atoms with Crippen LogP contribution in [0, 0.1) is 6.92 Å².